The zero-order valence-electron chi connectivity index (χ0n) is 14.7. The molecule has 1 N–H and O–H groups in total. The van der Waals surface area contributed by atoms with Crippen molar-refractivity contribution in [1.29, 1.82) is 0 Å². The summed E-state index contributed by atoms with van der Waals surface area (Å²) in [4.78, 5) is 11.8. The van der Waals surface area contributed by atoms with Gasteiger partial charge < -0.3 is 9.84 Å². The van der Waals surface area contributed by atoms with Gasteiger partial charge in [0.2, 0.25) is 0 Å². The first-order valence-electron chi connectivity index (χ1n) is 8.07. The van der Waals surface area contributed by atoms with Crippen LogP contribution in [0.3, 0.4) is 0 Å². The predicted molar refractivity (Wildman–Crippen MR) is 80.0 cm³/mol. The Labute approximate surface area is 158 Å². The van der Waals surface area contributed by atoms with Gasteiger partial charge in [-0.1, -0.05) is 30.3 Å². The maximum absolute atomic E-state index is 14.7. The van der Waals surface area contributed by atoms with Crippen molar-refractivity contribution in [3.05, 3.63) is 35.9 Å². The highest BCUT2D eigenvalue weighted by Crippen LogP contribution is 2.70. The molecule has 0 spiro atoms. The van der Waals surface area contributed by atoms with Gasteiger partial charge in [0.15, 0.2) is 5.60 Å². The lowest BCUT2D eigenvalue weighted by Crippen LogP contribution is -2.60. The SMILES string of the molecule is COC(=O)C(O)(CCc1ccccc1)CC1(F)C(F)(F)C(F)(F)C(F)(F)C1(F)F. The summed E-state index contributed by atoms with van der Waals surface area (Å²) in [5, 5.41) is 10.3. The van der Waals surface area contributed by atoms with E-state index in [1.807, 2.05) is 0 Å². The van der Waals surface area contributed by atoms with Gasteiger partial charge in [0.25, 0.3) is 5.67 Å². The van der Waals surface area contributed by atoms with Gasteiger partial charge in [-0.15, -0.1) is 0 Å². The summed E-state index contributed by atoms with van der Waals surface area (Å²) in [6, 6.07) is 7.32. The van der Waals surface area contributed by atoms with Gasteiger partial charge in [0.1, 0.15) is 0 Å². The molecule has 0 aromatic heterocycles. The summed E-state index contributed by atoms with van der Waals surface area (Å²) in [5.41, 5.74) is -9.15. The van der Waals surface area contributed by atoms with Crippen LogP contribution < -0.4 is 0 Å². The van der Waals surface area contributed by atoms with Crippen LogP contribution in [0.1, 0.15) is 18.4 Å². The second kappa shape index (κ2) is 6.78. The number of carbonyl (C=O) groups is 1. The normalized spacial score (nSPS) is 25.2. The van der Waals surface area contributed by atoms with E-state index in [9.17, 15) is 49.4 Å². The molecule has 1 aromatic carbocycles. The number of esters is 1. The van der Waals surface area contributed by atoms with Crippen LogP contribution in [0.2, 0.25) is 0 Å². The maximum Gasteiger partial charge on any atom is 0.381 e. The van der Waals surface area contributed by atoms with Crippen molar-refractivity contribution >= 4 is 5.97 Å². The Hall–Kier alpha value is -1.98. The summed E-state index contributed by atoms with van der Waals surface area (Å²) in [7, 11) is 0.578. The molecule has 0 heterocycles. The van der Waals surface area contributed by atoms with Crippen molar-refractivity contribution in [3.63, 3.8) is 0 Å². The molecule has 0 bridgehead atoms. The molecule has 1 unspecified atom stereocenters. The first-order chi connectivity index (χ1) is 13.0. The minimum Gasteiger partial charge on any atom is -0.467 e. The van der Waals surface area contributed by atoms with Crippen LogP contribution in [0.15, 0.2) is 30.3 Å². The highest BCUT2D eigenvalue weighted by atomic mass is 19.4. The maximum atomic E-state index is 14.7. The van der Waals surface area contributed by atoms with Crippen molar-refractivity contribution in [2.75, 3.05) is 7.11 Å². The second-order valence-electron chi connectivity index (χ2n) is 6.78. The average Bonchev–Trinajstić information content (AvgIpc) is 2.69. The number of aryl methyl sites for hydroxylation is 1. The summed E-state index contributed by atoms with van der Waals surface area (Å²) in [5.74, 6) is -28.7. The Morgan fingerprint density at radius 1 is 0.897 bits per heavy atom. The molecular formula is C17H15F9O3. The minimum absolute atomic E-state index is 0.323. The van der Waals surface area contributed by atoms with Gasteiger partial charge in [0.05, 0.1) is 7.11 Å². The van der Waals surface area contributed by atoms with Gasteiger partial charge >= 0.3 is 29.7 Å². The van der Waals surface area contributed by atoms with Crippen LogP contribution in [0.5, 0.6) is 0 Å². The lowest BCUT2D eigenvalue weighted by Gasteiger charge is -2.36. The van der Waals surface area contributed by atoms with E-state index in [1.165, 1.54) is 24.3 Å². The summed E-state index contributed by atoms with van der Waals surface area (Å²) < 4.78 is 128. The van der Waals surface area contributed by atoms with Crippen molar-refractivity contribution in [2.45, 2.75) is 54.2 Å². The van der Waals surface area contributed by atoms with Crippen molar-refractivity contribution in [3.8, 4) is 0 Å². The van der Waals surface area contributed by atoms with E-state index in [0.29, 0.717) is 12.7 Å². The van der Waals surface area contributed by atoms with Crippen LogP contribution >= 0.6 is 0 Å². The molecule has 1 saturated carbocycles. The first kappa shape index (κ1) is 23.3. The third-order valence-corrected chi connectivity index (χ3v) is 4.95. The Morgan fingerprint density at radius 3 is 1.76 bits per heavy atom. The molecule has 1 aliphatic carbocycles. The highest BCUT2D eigenvalue weighted by molar-refractivity contribution is 5.79. The van der Waals surface area contributed by atoms with Crippen molar-refractivity contribution < 1.29 is 54.2 Å². The molecule has 0 aliphatic heterocycles. The van der Waals surface area contributed by atoms with Gasteiger partial charge in [-0.25, -0.2) is 9.18 Å². The van der Waals surface area contributed by atoms with Gasteiger partial charge in [0, 0.05) is 6.42 Å². The topological polar surface area (TPSA) is 46.5 Å². The quantitative estimate of drug-likeness (QED) is 0.536. The molecule has 1 fully saturated rings. The van der Waals surface area contributed by atoms with Crippen LogP contribution in [0, 0.1) is 0 Å². The van der Waals surface area contributed by atoms with E-state index in [2.05, 4.69) is 4.74 Å². The number of carbonyl (C=O) groups excluding carboxylic acids is 1. The van der Waals surface area contributed by atoms with E-state index in [-0.39, 0.29) is 0 Å². The monoisotopic (exact) mass is 438 g/mol. The zero-order chi connectivity index (χ0) is 22.5. The average molecular weight is 438 g/mol. The number of halogens is 9. The smallest absolute Gasteiger partial charge is 0.381 e. The fourth-order valence-electron chi connectivity index (χ4n) is 3.16. The number of hydrogen-bond donors (Lipinski definition) is 1. The summed E-state index contributed by atoms with van der Waals surface area (Å²) in [6.45, 7) is 0. The van der Waals surface area contributed by atoms with E-state index in [0.717, 1.165) is 0 Å². The van der Waals surface area contributed by atoms with E-state index in [4.69, 9.17) is 0 Å². The molecule has 1 atom stereocenters. The molecule has 1 aromatic rings. The van der Waals surface area contributed by atoms with Gasteiger partial charge in [-0.05, 0) is 18.4 Å². The van der Waals surface area contributed by atoms with Crippen LogP contribution in [0.4, 0.5) is 39.5 Å². The standard InChI is InChI=1S/C17H15F9O3/c1-29-11(27)12(28,8-7-10-5-3-2-4-6-10)9-13(18)14(19,20)16(23,24)17(25,26)15(13,21)22/h2-6,28H,7-9H2,1H3. The fraction of sp³-hybridized carbons (Fsp3) is 0.588. The Kier molecular flexibility index (Phi) is 5.45. The van der Waals surface area contributed by atoms with E-state index >= 15 is 0 Å². The number of ether oxygens (including phenoxy) is 1. The number of rotatable bonds is 6. The summed E-state index contributed by atoms with van der Waals surface area (Å²) >= 11 is 0. The van der Waals surface area contributed by atoms with Crippen molar-refractivity contribution in [1.82, 2.24) is 0 Å². The van der Waals surface area contributed by atoms with Crippen molar-refractivity contribution in [2.24, 2.45) is 0 Å². The van der Waals surface area contributed by atoms with Crippen LogP contribution in [-0.2, 0) is 16.0 Å². The predicted octanol–water partition coefficient (Wildman–Crippen LogP) is 4.18. The van der Waals surface area contributed by atoms with Crippen LogP contribution in [0.25, 0.3) is 0 Å². The lowest BCUT2D eigenvalue weighted by atomic mass is 9.80. The molecule has 12 heteroatoms. The van der Waals surface area contributed by atoms with Gasteiger partial charge in [-0.3, -0.25) is 0 Å². The minimum atomic E-state index is -6.78. The fourth-order valence-corrected chi connectivity index (χ4v) is 3.16. The second-order valence-corrected chi connectivity index (χ2v) is 6.78. The Balaban J connectivity index is 2.50. The molecular weight excluding hydrogens is 423 g/mol. The molecule has 164 valence electrons. The third-order valence-electron chi connectivity index (χ3n) is 4.95. The lowest BCUT2D eigenvalue weighted by molar-refractivity contribution is -0.303. The number of alkyl halides is 9. The molecule has 0 radical (unpaired) electrons. The molecule has 2 rings (SSSR count). The number of benzene rings is 1. The molecule has 3 nitrogen and oxygen atoms in total. The Morgan fingerprint density at radius 2 is 1.34 bits per heavy atom. The van der Waals surface area contributed by atoms with E-state index < -0.39 is 60.2 Å². The van der Waals surface area contributed by atoms with Crippen LogP contribution in [-0.4, -0.2) is 53.1 Å². The first-order valence-corrected chi connectivity index (χ1v) is 8.07. The molecule has 1 aliphatic rings. The Bertz CT molecular complexity index is 741. The molecule has 29 heavy (non-hydrogen) atoms. The van der Waals surface area contributed by atoms with E-state index in [1.54, 1.807) is 6.07 Å². The van der Waals surface area contributed by atoms with Gasteiger partial charge in [-0.2, -0.15) is 35.1 Å². The summed E-state index contributed by atoms with van der Waals surface area (Å²) in [6.07, 6.45) is -4.18. The molecule has 0 amide bonds. The number of hydrogen-bond acceptors (Lipinski definition) is 3. The largest absolute Gasteiger partial charge is 0.467 e. The molecule has 0 saturated heterocycles. The highest BCUT2D eigenvalue weighted by Gasteiger charge is 3.00. The number of methoxy groups -OCH3 is 1. The third kappa shape index (κ3) is 2.98. The zero-order valence-corrected chi connectivity index (χ0v) is 14.7. The number of aliphatic hydroxyl groups is 1.